The van der Waals surface area contributed by atoms with E-state index in [0.717, 1.165) is 12.3 Å². The average molecular weight is 160 g/mol. The number of nitrogens with zero attached hydrogens (tertiary/aromatic N) is 1. The van der Waals surface area contributed by atoms with Crippen LogP contribution in [0, 0.1) is 5.92 Å². The first-order valence-electron chi connectivity index (χ1n) is 3.42. The Labute approximate surface area is 66.2 Å². The number of oxime groups is 1. The van der Waals surface area contributed by atoms with Crippen LogP contribution in [0.3, 0.4) is 0 Å². The number of amidine groups is 1. The molecule has 0 aromatic heterocycles. The van der Waals surface area contributed by atoms with E-state index in [-0.39, 0.29) is 5.56 Å². The third-order valence-corrected chi connectivity index (χ3v) is 1.82. The van der Waals surface area contributed by atoms with Crippen LogP contribution in [0.15, 0.2) is 5.16 Å². The summed E-state index contributed by atoms with van der Waals surface area (Å²) in [6.45, 7) is 4.21. The molecule has 10 heavy (non-hydrogen) atoms. The molecule has 1 aliphatic heterocycles. The van der Waals surface area contributed by atoms with Crippen molar-refractivity contribution in [2.45, 2.75) is 25.8 Å². The monoisotopic (exact) mass is 160 g/mol. The highest BCUT2D eigenvalue weighted by molar-refractivity contribution is 7.80. The standard InChI is InChI=1S/C6H12N2OS/c1-3-4(2)5-7-6(10)9-8-5/h4,6,10H,3H2,1-2H3,(H,7,8)/t4-,6?/m0/s1. The molecule has 0 radical (unpaired) electrons. The predicted molar refractivity (Wildman–Crippen MR) is 43.9 cm³/mol. The molecule has 3 nitrogen and oxygen atoms in total. The minimum absolute atomic E-state index is 0.246. The molecule has 0 saturated carbocycles. The predicted octanol–water partition coefficient (Wildman–Crippen LogP) is 1.18. The molecule has 0 amide bonds. The first kappa shape index (κ1) is 7.72. The first-order chi connectivity index (χ1) is 4.74. The second-order valence-corrected chi connectivity index (χ2v) is 2.86. The molecule has 0 spiro atoms. The minimum Gasteiger partial charge on any atom is -0.358 e. The van der Waals surface area contributed by atoms with Gasteiger partial charge in [0.1, 0.15) is 5.84 Å². The van der Waals surface area contributed by atoms with Crippen molar-refractivity contribution in [2.75, 3.05) is 0 Å². The summed E-state index contributed by atoms with van der Waals surface area (Å²) in [5.74, 6) is 1.35. The van der Waals surface area contributed by atoms with Gasteiger partial charge in [-0.25, -0.2) is 0 Å². The van der Waals surface area contributed by atoms with Gasteiger partial charge >= 0.3 is 0 Å². The molecule has 4 heteroatoms. The fourth-order valence-electron chi connectivity index (χ4n) is 0.711. The van der Waals surface area contributed by atoms with Gasteiger partial charge in [0.05, 0.1) is 0 Å². The molecule has 1 unspecified atom stereocenters. The van der Waals surface area contributed by atoms with Gasteiger partial charge in [0.15, 0.2) is 0 Å². The zero-order valence-corrected chi connectivity index (χ0v) is 7.06. The lowest BCUT2D eigenvalue weighted by Gasteiger charge is -2.06. The van der Waals surface area contributed by atoms with E-state index >= 15 is 0 Å². The molecule has 0 bridgehead atoms. The maximum atomic E-state index is 4.83. The molecule has 1 aliphatic rings. The maximum absolute atomic E-state index is 4.83. The van der Waals surface area contributed by atoms with Crippen molar-refractivity contribution in [1.29, 1.82) is 0 Å². The summed E-state index contributed by atoms with van der Waals surface area (Å²) in [4.78, 5) is 4.83. The van der Waals surface area contributed by atoms with E-state index in [2.05, 4.69) is 36.9 Å². The van der Waals surface area contributed by atoms with Crippen molar-refractivity contribution < 1.29 is 4.84 Å². The third kappa shape index (κ3) is 1.56. The van der Waals surface area contributed by atoms with Crippen molar-refractivity contribution in [3.05, 3.63) is 0 Å². The van der Waals surface area contributed by atoms with Crippen LogP contribution in [0.4, 0.5) is 0 Å². The summed E-state index contributed by atoms with van der Waals surface area (Å²) < 4.78 is 0. The Morgan fingerprint density at radius 2 is 2.60 bits per heavy atom. The summed E-state index contributed by atoms with van der Waals surface area (Å²) in [5, 5.41) is 6.81. The van der Waals surface area contributed by atoms with E-state index in [1.807, 2.05) is 0 Å². The van der Waals surface area contributed by atoms with Gasteiger partial charge in [0.25, 0.3) is 0 Å². The number of nitrogens with one attached hydrogen (secondary N) is 1. The number of hydrogen-bond acceptors (Lipinski definition) is 4. The molecular weight excluding hydrogens is 148 g/mol. The van der Waals surface area contributed by atoms with Gasteiger partial charge in [0, 0.05) is 5.92 Å². The number of rotatable bonds is 2. The lowest BCUT2D eigenvalue weighted by molar-refractivity contribution is 0.139. The zero-order valence-electron chi connectivity index (χ0n) is 6.16. The summed E-state index contributed by atoms with van der Waals surface area (Å²) >= 11 is 4.04. The largest absolute Gasteiger partial charge is 0.358 e. The maximum Gasteiger partial charge on any atom is 0.243 e. The fourth-order valence-corrected chi connectivity index (χ4v) is 0.891. The van der Waals surface area contributed by atoms with Crippen LogP contribution in [-0.4, -0.2) is 11.4 Å². The van der Waals surface area contributed by atoms with E-state index in [1.54, 1.807) is 0 Å². The van der Waals surface area contributed by atoms with Crippen LogP contribution < -0.4 is 5.32 Å². The van der Waals surface area contributed by atoms with Crippen LogP contribution in [0.1, 0.15) is 20.3 Å². The van der Waals surface area contributed by atoms with Gasteiger partial charge in [-0.05, 0) is 6.42 Å². The highest BCUT2D eigenvalue weighted by atomic mass is 32.1. The highest BCUT2D eigenvalue weighted by Crippen LogP contribution is 2.10. The number of hydrogen-bond donors (Lipinski definition) is 2. The van der Waals surface area contributed by atoms with Gasteiger partial charge in [-0.2, -0.15) is 0 Å². The summed E-state index contributed by atoms with van der Waals surface area (Å²) in [5.41, 5.74) is -0.246. The quantitative estimate of drug-likeness (QED) is 0.595. The van der Waals surface area contributed by atoms with Crippen LogP contribution >= 0.6 is 12.6 Å². The van der Waals surface area contributed by atoms with Gasteiger partial charge in [0.2, 0.25) is 5.56 Å². The fraction of sp³-hybridized carbons (Fsp3) is 0.833. The molecule has 0 aromatic carbocycles. The van der Waals surface area contributed by atoms with Crippen molar-refractivity contribution in [2.24, 2.45) is 11.1 Å². The molecule has 2 atom stereocenters. The van der Waals surface area contributed by atoms with E-state index in [4.69, 9.17) is 4.84 Å². The Hall–Kier alpha value is -0.380. The SMILES string of the molecule is CC[C@H](C)C1=NOC(S)N1. The van der Waals surface area contributed by atoms with E-state index in [9.17, 15) is 0 Å². The number of thiol groups is 1. The van der Waals surface area contributed by atoms with Crippen LogP contribution in [0.2, 0.25) is 0 Å². The summed E-state index contributed by atoms with van der Waals surface area (Å²) in [6.07, 6.45) is 1.07. The van der Waals surface area contributed by atoms with Crippen LogP contribution in [0.25, 0.3) is 0 Å². The average Bonchev–Trinajstić information content (AvgIpc) is 2.34. The lowest BCUT2D eigenvalue weighted by Crippen LogP contribution is -2.29. The van der Waals surface area contributed by atoms with E-state index in [1.165, 1.54) is 0 Å². The van der Waals surface area contributed by atoms with Gasteiger partial charge in [-0.15, -0.1) is 12.6 Å². The van der Waals surface area contributed by atoms with Crippen molar-refractivity contribution in [1.82, 2.24) is 5.32 Å². The Morgan fingerprint density at radius 3 is 3.00 bits per heavy atom. The van der Waals surface area contributed by atoms with Crippen LogP contribution in [0.5, 0.6) is 0 Å². The van der Waals surface area contributed by atoms with E-state index < -0.39 is 0 Å². The van der Waals surface area contributed by atoms with Crippen molar-refractivity contribution in [3.8, 4) is 0 Å². The second kappa shape index (κ2) is 3.14. The summed E-state index contributed by atoms with van der Waals surface area (Å²) in [7, 11) is 0. The zero-order chi connectivity index (χ0) is 7.56. The molecule has 0 fully saturated rings. The van der Waals surface area contributed by atoms with Gasteiger partial charge < -0.3 is 10.2 Å². The third-order valence-electron chi connectivity index (χ3n) is 1.60. The van der Waals surface area contributed by atoms with Crippen LogP contribution in [-0.2, 0) is 4.84 Å². The molecule has 1 rings (SSSR count). The summed E-state index contributed by atoms with van der Waals surface area (Å²) in [6, 6.07) is 0. The molecule has 0 aliphatic carbocycles. The van der Waals surface area contributed by atoms with Crippen molar-refractivity contribution in [3.63, 3.8) is 0 Å². The Morgan fingerprint density at radius 1 is 1.90 bits per heavy atom. The lowest BCUT2D eigenvalue weighted by atomic mass is 10.1. The van der Waals surface area contributed by atoms with E-state index in [0.29, 0.717) is 5.92 Å². The topological polar surface area (TPSA) is 33.6 Å². The second-order valence-electron chi connectivity index (χ2n) is 2.39. The smallest absolute Gasteiger partial charge is 0.243 e. The van der Waals surface area contributed by atoms with Gasteiger partial charge in [-0.3, -0.25) is 0 Å². The first-order valence-corrected chi connectivity index (χ1v) is 3.94. The molecular formula is C6H12N2OS. The normalized spacial score (nSPS) is 26.7. The van der Waals surface area contributed by atoms with Gasteiger partial charge in [-0.1, -0.05) is 19.0 Å². The minimum atomic E-state index is -0.246. The van der Waals surface area contributed by atoms with Crippen molar-refractivity contribution >= 4 is 18.5 Å². The highest BCUT2D eigenvalue weighted by Gasteiger charge is 2.18. The molecule has 58 valence electrons. The molecule has 1 heterocycles. The Balaban J connectivity index is 2.43. The molecule has 1 N–H and O–H groups in total. The Bertz CT molecular complexity index is 149. The molecule has 0 saturated heterocycles. The molecule has 0 aromatic rings. The Kier molecular flexibility index (Phi) is 2.43.